The molecule has 3 aliphatic rings. The van der Waals surface area contributed by atoms with Gasteiger partial charge in [0, 0.05) is 19.6 Å². The van der Waals surface area contributed by atoms with Crippen LogP contribution in [-0.4, -0.2) is 44.6 Å². The Kier molecular flexibility index (Phi) is 6.79. The Morgan fingerprint density at radius 2 is 1.72 bits per heavy atom. The highest BCUT2D eigenvalue weighted by molar-refractivity contribution is 7.92. The van der Waals surface area contributed by atoms with E-state index in [1.54, 1.807) is 28.6 Å². The van der Waals surface area contributed by atoms with Gasteiger partial charge in [0.1, 0.15) is 5.60 Å². The van der Waals surface area contributed by atoms with Crippen molar-refractivity contribution in [3.63, 3.8) is 0 Å². The van der Waals surface area contributed by atoms with Crippen molar-refractivity contribution in [2.45, 2.75) is 75.7 Å². The van der Waals surface area contributed by atoms with Crippen LogP contribution in [0.1, 0.15) is 69.9 Å². The van der Waals surface area contributed by atoms with Gasteiger partial charge in [-0.2, -0.15) is 0 Å². The predicted octanol–water partition coefficient (Wildman–Crippen LogP) is 5.97. The van der Waals surface area contributed by atoms with Crippen molar-refractivity contribution in [2.24, 2.45) is 11.8 Å². The monoisotopic (exact) mass is 510 g/mol. The zero-order chi connectivity index (χ0) is 25.5. The normalized spacial score (nSPS) is 22.4. The molecule has 7 heteroatoms. The standard InChI is InChI=1S/C29H38N2O4S/c1-29(2,3)35-28(32)30-16-13-21(14-17-30)9-10-23-20-26(23)22-11-12-27-24(19-22)15-18-31(27)36(33,34)25-7-5-4-6-8-25/h4-8,11-12,19,21,23,26H,9-10,13-18,20H2,1-3H3. The zero-order valence-corrected chi connectivity index (χ0v) is 22.5. The Morgan fingerprint density at radius 1 is 1.00 bits per heavy atom. The molecule has 2 aliphatic heterocycles. The summed E-state index contributed by atoms with van der Waals surface area (Å²) < 4.78 is 33.3. The van der Waals surface area contributed by atoms with Crippen LogP contribution < -0.4 is 4.31 Å². The quantitative estimate of drug-likeness (QED) is 0.480. The van der Waals surface area contributed by atoms with E-state index in [1.165, 1.54) is 24.8 Å². The van der Waals surface area contributed by atoms with Gasteiger partial charge in [-0.05, 0) is 100.0 Å². The van der Waals surface area contributed by atoms with Crippen molar-refractivity contribution < 1.29 is 17.9 Å². The fourth-order valence-corrected chi connectivity index (χ4v) is 7.27. The van der Waals surface area contributed by atoms with E-state index in [1.807, 2.05) is 37.8 Å². The summed E-state index contributed by atoms with van der Waals surface area (Å²) in [5, 5.41) is 0. The first-order valence-corrected chi connectivity index (χ1v) is 14.7. The van der Waals surface area contributed by atoms with Crippen LogP contribution in [0.15, 0.2) is 53.4 Å². The summed E-state index contributed by atoms with van der Waals surface area (Å²) >= 11 is 0. The first-order valence-electron chi connectivity index (χ1n) is 13.3. The van der Waals surface area contributed by atoms with Crippen molar-refractivity contribution in [1.82, 2.24) is 4.90 Å². The lowest BCUT2D eigenvalue weighted by Gasteiger charge is -2.33. The number of rotatable bonds is 6. The smallest absolute Gasteiger partial charge is 0.410 e. The summed E-state index contributed by atoms with van der Waals surface area (Å²) in [7, 11) is -3.52. The van der Waals surface area contributed by atoms with Crippen molar-refractivity contribution in [1.29, 1.82) is 0 Å². The van der Waals surface area contributed by atoms with Crippen LogP contribution in [0.5, 0.6) is 0 Å². The van der Waals surface area contributed by atoms with Gasteiger partial charge in [-0.15, -0.1) is 0 Å². The number of likely N-dealkylation sites (tertiary alicyclic amines) is 1. The van der Waals surface area contributed by atoms with Crippen LogP contribution in [-0.2, 0) is 21.2 Å². The van der Waals surface area contributed by atoms with E-state index < -0.39 is 15.6 Å². The van der Waals surface area contributed by atoms with E-state index in [2.05, 4.69) is 12.1 Å². The van der Waals surface area contributed by atoms with E-state index in [0.717, 1.165) is 49.5 Å². The minimum atomic E-state index is -3.52. The molecule has 6 nitrogen and oxygen atoms in total. The number of hydrogen-bond acceptors (Lipinski definition) is 4. The van der Waals surface area contributed by atoms with Gasteiger partial charge in [-0.25, -0.2) is 13.2 Å². The van der Waals surface area contributed by atoms with Gasteiger partial charge in [0.2, 0.25) is 0 Å². The molecule has 0 aromatic heterocycles. The molecule has 1 saturated heterocycles. The number of nitrogens with zero attached hydrogens (tertiary/aromatic N) is 2. The molecule has 2 fully saturated rings. The minimum absolute atomic E-state index is 0.185. The van der Waals surface area contributed by atoms with Crippen molar-refractivity contribution in [2.75, 3.05) is 23.9 Å². The lowest BCUT2D eigenvalue weighted by Crippen LogP contribution is -2.41. The molecule has 0 bridgehead atoms. The lowest BCUT2D eigenvalue weighted by molar-refractivity contribution is 0.0180. The van der Waals surface area contributed by atoms with Gasteiger partial charge in [-0.1, -0.05) is 36.8 Å². The first kappa shape index (κ1) is 25.1. The number of hydrogen-bond donors (Lipinski definition) is 0. The highest BCUT2D eigenvalue weighted by Crippen LogP contribution is 2.52. The number of sulfonamides is 1. The van der Waals surface area contributed by atoms with Crippen LogP contribution in [0.25, 0.3) is 0 Å². The Hall–Kier alpha value is -2.54. The van der Waals surface area contributed by atoms with Gasteiger partial charge in [0.25, 0.3) is 10.0 Å². The second-order valence-electron chi connectivity index (χ2n) is 11.6. The average molecular weight is 511 g/mol. The largest absolute Gasteiger partial charge is 0.444 e. The molecular weight excluding hydrogens is 472 g/mol. The van der Waals surface area contributed by atoms with Crippen molar-refractivity contribution in [3.8, 4) is 0 Å². The van der Waals surface area contributed by atoms with Crippen LogP contribution in [0.4, 0.5) is 10.5 Å². The molecular formula is C29H38N2O4S. The summed E-state index contributed by atoms with van der Waals surface area (Å²) in [6.07, 6.45) is 6.37. The third-order valence-electron chi connectivity index (χ3n) is 7.85. The Balaban J connectivity index is 1.12. The molecule has 2 heterocycles. The van der Waals surface area contributed by atoms with E-state index in [0.29, 0.717) is 23.3 Å². The lowest BCUT2D eigenvalue weighted by atomic mass is 9.90. The summed E-state index contributed by atoms with van der Waals surface area (Å²) in [6, 6.07) is 15.1. The van der Waals surface area contributed by atoms with Gasteiger partial charge in [0.15, 0.2) is 0 Å². The molecule has 0 spiro atoms. The first-order chi connectivity index (χ1) is 17.1. The van der Waals surface area contributed by atoms with Gasteiger partial charge >= 0.3 is 6.09 Å². The topological polar surface area (TPSA) is 66.9 Å². The maximum atomic E-state index is 13.1. The van der Waals surface area contributed by atoms with E-state index in [-0.39, 0.29) is 6.09 Å². The summed E-state index contributed by atoms with van der Waals surface area (Å²) in [5.74, 6) is 2.00. The fourth-order valence-electron chi connectivity index (χ4n) is 5.75. The number of piperidine rings is 1. The summed E-state index contributed by atoms with van der Waals surface area (Å²) in [4.78, 5) is 14.5. The summed E-state index contributed by atoms with van der Waals surface area (Å²) in [5.41, 5.74) is 2.89. The molecule has 1 saturated carbocycles. The predicted molar refractivity (Wildman–Crippen MR) is 142 cm³/mol. The SMILES string of the molecule is CC(C)(C)OC(=O)N1CCC(CCC2CC2c2ccc3c(c2)CCN3S(=O)(=O)c2ccccc2)CC1. The van der Waals surface area contributed by atoms with Crippen LogP contribution in [0, 0.1) is 11.8 Å². The van der Waals surface area contributed by atoms with Crippen molar-refractivity contribution in [3.05, 3.63) is 59.7 Å². The van der Waals surface area contributed by atoms with E-state index >= 15 is 0 Å². The van der Waals surface area contributed by atoms with Crippen LogP contribution in [0.3, 0.4) is 0 Å². The molecule has 1 aliphatic carbocycles. The minimum Gasteiger partial charge on any atom is -0.444 e. The maximum absolute atomic E-state index is 13.1. The second kappa shape index (κ2) is 9.73. The molecule has 5 rings (SSSR count). The number of amides is 1. The molecule has 2 atom stereocenters. The van der Waals surface area contributed by atoms with Crippen molar-refractivity contribution >= 4 is 21.8 Å². The van der Waals surface area contributed by atoms with Gasteiger partial charge in [0.05, 0.1) is 10.6 Å². The Morgan fingerprint density at radius 3 is 2.42 bits per heavy atom. The second-order valence-corrected chi connectivity index (χ2v) is 13.5. The molecule has 0 radical (unpaired) electrons. The van der Waals surface area contributed by atoms with Gasteiger partial charge < -0.3 is 9.64 Å². The van der Waals surface area contributed by atoms with Crippen LogP contribution >= 0.6 is 0 Å². The molecule has 1 amide bonds. The Bertz CT molecular complexity index is 1200. The number of carbonyl (C=O) groups is 1. The Labute approximate surface area is 215 Å². The zero-order valence-electron chi connectivity index (χ0n) is 21.7. The number of carbonyl (C=O) groups excluding carboxylic acids is 1. The third kappa shape index (κ3) is 5.41. The van der Waals surface area contributed by atoms with E-state index in [4.69, 9.17) is 4.74 Å². The highest BCUT2D eigenvalue weighted by atomic mass is 32.2. The maximum Gasteiger partial charge on any atom is 0.410 e. The van der Waals surface area contributed by atoms with Gasteiger partial charge in [-0.3, -0.25) is 4.31 Å². The molecule has 194 valence electrons. The van der Waals surface area contributed by atoms with E-state index in [9.17, 15) is 13.2 Å². The number of benzene rings is 2. The third-order valence-corrected chi connectivity index (χ3v) is 9.68. The molecule has 2 aromatic rings. The number of fused-ring (bicyclic) bond motifs is 1. The average Bonchev–Trinajstić information content (AvgIpc) is 3.50. The summed E-state index contributed by atoms with van der Waals surface area (Å²) in [6.45, 7) is 7.82. The molecule has 2 unspecified atom stereocenters. The molecule has 0 N–H and O–H groups in total. The molecule has 36 heavy (non-hydrogen) atoms. The number of ether oxygens (including phenoxy) is 1. The molecule has 2 aromatic carbocycles. The fraction of sp³-hybridized carbons (Fsp3) is 0.552. The van der Waals surface area contributed by atoms with Crippen LogP contribution in [0.2, 0.25) is 0 Å². The number of anilines is 1. The highest BCUT2D eigenvalue weighted by Gasteiger charge is 2.40.